The third kappa shape index (κ3) is 3.89. The molecule has 2 amide bonds. The van der Waals surface area contributed by atoms with Crippen LogP contribution in [0.25, 0.3) is 0 Å². The molecule has 0 fully saturated rings. The number of rotatable bonds is 5. The van der Waals surface area contributed by atoms with Gasteiger partial charge in [0.2, 0.25) is 0 Å². The molecule has 0 aliphatic carbocycles. The van der Waals surface area contributed by atoms with Crippen LogP contribution in [0, 0.1) is 0 Å². The molecule has 2 N–H and O–H groups in total. The van der Waals surface area contributed by atoms with Crippen LogP contribution < -0.4 is 10.6 Å². The standard InChI is InChI=1S/C24H22ClN3O2/c1-2-14-28-22(27-21-13-6-4-11-19(21)24(28)30)16-8-7-9-17(15-16)26-23(29)18-10-3-5-12-20(18)25/h3-13,15,22,27H,2,14H2,1H3,(H,26,29). The zero-order valence-electron chi connectivity index (χ0n) is 16.6. The van der Waals surface area contributed by atoms with E-state index in [1.54, 1.807) is 24.3 Å². The smallest absolute Gasteiger partial charge is 0.257 e. The van der Waals surface area contributed by atoms with Crippen LogP contribution in [0.2, 0.25) is 5.02 Å². The van der Waals surface area contributed by atoms with Crippen LogP contribution in [0.3, 0.4) is 0 Å². The topological polar surface area (TPSA) is 61.4 Å². The highest BCUT2D eigenvalue weighted by Crippen LogP contribution is 2.34. The first-order valence-electron chi connectivity index (χ1n) is 9.91. The summed E-state index contributed by atoms with van der Waals surface area (Å²) in [5.41, 5.74) is 3.43. The number of para-hydroxylation sites is 1. The van der Waals surface area contributed by atoms with Crippen molar-refractivity contribution in [3.63, 3.8) is 0 Å². The average molecular weight is 420 g/mol. The molecule has 1 unspecified atom stereocenters. The molecule has 6 heteroatoms. The fraction of sp³-hybridized carbons (Fsp3) is 0.167. The maximum Gasteiger partial charge on any atom is 0.257 e. The molecule has 0 spiro atoms. The minimum atomic E-state index is -0.315. The maximum atomic E-state index is 13.1. The minimum Gasteiger partial charge on any atom is -0.361 e. The van der Waals surface area contributed by atoms with Crippen molar-refractivity contribution in [2.75, 3.05) is 17.2 Å². The van der Waals surface area contributed by atoms with Crippen molar-refractivity contribution < 1.29 is 9.59 Å². The molecule has 1 aliphatic heterocycles. The predicted octanol–water partition coefficient (Wildman–Crippen LogP) is 5.57. The van der Waals surface area contributed by atoms with Gasteiger partial charge in [0.05, 0.1) is 16.1 Å². The third-order valence-corrected chi connectivity index (χ3v) is 5.40. The summed E-state index contributed by atoms with van der Waals surface area (Å²) in [7, 11) is 0. The first kappa shape index (κ1) is 20.0. The number of nitrogens with zero attached hydrogens (tertiary/aromatic N) is 1. The number of nitrogens with one attached hydrogen (secondary N) is 2. The van der Waals surface area contributed by atoms with E-state index in [4.69, 9.17) is 11.6 Å². The van der Waals surface area contributed by atoms with Crippen molar-refractivity contribution >= 4 is 34.8 Å². The first-order chi connectivity index (χ1) is 14.6. The highest BCUT2D eigenvalue weighted by Gasteiger charge is 2.32. The average Bonchev–Trinajstić information content (AvgIpc) is 2.76. The number of benzene rings is 3. The molecule has 4 rings (SSSR count). The summed E-state index contributed by atoms with van der Waals surface area (Å²) >= 11 is 6.14. The van der Waals surface area contributed by atoms with Crippen LogP contribution in [0.15, 0.2) is 72.8 Å². The van der Waals surface area contributed by atoms with Gasteiger partial charge < -0.3 is 15.5 Å². The van der Waals surface area contributed by atoms with Gasteiger partial charge in [-0.2, -0.15) is 0 Å². The molecule has 3 aromatic carbocycles. The Morgan fingerprint density at radius 2 is 1.83 bits per heavy atom. The van der Waals surface area contributed by atoms with Gasteiger partial charge in [-0.15, -0.1) is 0 Å². The van der Waals surface area contributed by atoms with Crippen molar-refractivity contribution in [3.8, 4) is 0 Å². The molecule has 152 valence electrons. The second-order valence-corrected chi connectivity index (χ2v) is 7.56. The lowest BCUT2D eigenvalue weighted by atomic mass is 10.0. The van der Waals surface area contributed by atoms with Crippen LogP contribution in [0.5, 0.6) is 0 Å². The van der Waals surface area contributed by atoms with Gasteiger partial charge in [0.25, 0.3) is 11.8 Å². The summed E-state index contributed by atoms with van der Waals surface area (Å²) in [5, 5.41) is 6.77. The van der Waals surface area contributed by atoms with Crippen LogP contribution >= 0.6 is 11.6 Å². The number of carbonyl (C=O) groups is 2. The molecule has 0 saturated heterocycles. The molecule has 30 heavy (non-hydrogen) atoms. The molecular weight excluding hydrogens is 398 g/mol. The molecule has 5 nitrogen and oxygen atoms in total. The second-order valence-electron chi connectivity index (χ2n) is 7.15. The zero-order chi connectivity index (χ0) is 21.1. The van der Waals surface area contributed by atoms with E-state index in [-0.39, 0.29) is 18.0 Å². The maximum absolute atomic E-state index is 13.1. The summed E-state index contributed by atoms with van der Waals surface area (Å²) in [5.74, 6) is -0.275. The normalized spacial score (nSPS) is 15.3. The third-order valence-electron chi connectivity index (χ3n) is 5.07. The van der Waals surface area contributed by atoms with E-state index in [9.17, 15) is 9.59 Å². The van der Waals surface area contributed by atoms with E-state index in [2.05, 4.69) is 10.6 Å². The quantitative estimate of drug-likeness (QED) is 0.568. The summed E-state index contributed by atoms with van der Waals surface area (Å²) < 4.78 is 0. The zero-order valence-corrected chi connectivity index (χ0v) is 17.3. The van der Waals surface area contributed by atoms with Gasteiger partial charge in [-0.3, -0.25) is 9.59 Å². The van der Waals surface area contributed by atoms with Crippen molar-refractivity contribution in [2.45, 2.75) is 19.5 Å². The van der Waals surface area contributed by atoms with Crippen LogP contribution in [0.1, 0.15) is 45.8 Å². The summed E-state index contributed by atoms with van der Waals surface area (Å²) in [4.78, 5) is 27.5. The van der Waals surface area contributed by atoms with Gasteiger partial charge in [0.1, 0.15) is 6.17 Å². The Morgan fingerprint density at radius 3 is 2.63 bits per heavy atom. The lowest BCUT2D eigenvalue weighted by Crippen LogP contribution is -2.43. The first-order valence-corrected chi connectivity index (χ1v) is 10.3. The van der Waals surface area contributed by atoms with E-state index in [0.29, 0.717) is 28.4 Å². The summed E-state index contributed by atoms with van der Waals surface area (Å²) in [6, 6.07) is 22.0. The Bertz CT molecular complexity index is 1100. The molecular formula is C24H22ClN3O2. The van der Waals surface area contributed by atoms with E-state index in [1.807, 2.05) is 60.4 Å². The molecule has 1 heterocycles. The molecule has 0 saturated carbocycles. The fourth-order valence-electron chi connectivity index (χ4n) is 3.66. The molecule has 3 aromatic rings. The van der Waals surface area contributed by atoms with Gasteiger partial charge in [-0.25, -0.2) is 0 Å². The Hall–Kier alpha value is -3.31. The number of hydrogen-bond acceptors (Lipinski definition) is 3. The number of carbonyl (C=O) groups excluding carboxylic acids is 2. The van der Waals surface area contributed by atoms with Crippen molar-refractivity contribution in [2.24, 2.45) is 0 Å². The monoisotopic (exact) mass is 419 g/mol. The van der Waals surface area contributed by atoms with E-state index >= 15 is 0 Å². The minimum absolute atomic E-state index is 0.00158. The Morgan fingerprint density at radius 1 is 1.07 bits per heavy atom. The fourth-order valence-corrected chi connectivity index (χ4v) is 3.88. The van der Waals surface area contributed by atoms with Crippen LogP contribution in [-0.2, 0) is 0 Å². The Kier molecular flexibility index (Phi) is 5.72. The van der Waals surface area contributed by atoms with Crippen LogP contribution in [-0.4, -0.2) is 23.3 Å². The Balaban J connectivity index is 1.63. The van der Waals surface area contributed by atoms with Gasteiger partial charge in [-0.05, 0) is 48.4 Å². The lowest BCUT2D eigenvalue weighted by molar-refractivity contribution is 0.0683. The van der Waals surface area contributed by atoms with Gasteiger partial charge in [0.15, 0.2) is 0 Å². The number of halogens is 1. The summed E-state index contributed by atoms with van der Waals surface area (Å²) in [6.07, 6.45) is 0.527. The van der Waals surface area contributed by atoms with Crippen molar-refractivity contribution in [1.29, 1.82) is 0 Å². The molecule has 0 aromatic heterocycles. The van der Waals surface area contributed by atoms with Crippen LogP contribution in [0.4, 0.5) is 11.4 Å². The number of anilines is 2. The highest BCUT2D eigenvalue weighted by atomic mass is 35.5. The predicted molar refractivity (Wildman–Crippen MR) is 120 cm³/mol. The Labute approximate surface area is 180 Å². The number of amides is 2. The molecule has 0 radical (unpaired) electrons. The SMILES string of the molecule is CCCN1C(=O)c2ccccc2NC1c1cccc(NC(=O)c2ccccc2Cl)c1. The van der Waals surface area contributed by atoms with E-state index in [0.717, 1.165) is 17.7 Å². The second kappa shape index (κ2) is 8.59. The number of hydrogen-bond donors (Lipinski definition) is 2. The van der Waals surface area contributed by atoms with E-state index in [1.165, 1.54) is 0 Å². The molecule has 1 aliphatic rings. The molecule has 0 bridgehead atoms. The van der Waals surface area contributed by atoms with Crippen molar-refractivity contribution in [3.05, 3.63) is 94.5 Å². The van der Waals surface area contributed by atoms with Gasteiger partial charge in [0, 0.05) is 17.9 Å². The van der Waals surface area contributed by atoms with E-state index < -0.39 is 0 Å². The number of fused-ring (bicyclic) bond motifs is 1. The van der Waals surface area contributed by atoms with Gasteiger partial charge >= 0.3 is 0 Å². The molecule has 1 atom stereocenters. The largest absolute Gasteiger partial charge is 0.361 e. The van der Waals surface area contributed by atoms with Gasteiger partial charge in [-0.1, -0.05) is 54.9 Å². The lowest BCUT2D eigenvalue weighted by Gasteiger charge is -2.38. The highest BCUT2D eigenvalue weighted by molar-refractivity contribution is 6.34. The van der Waals surface area contributed by atoms with Crippen molar-refractivity contribution in [1.82, 2.24) is 4.90 Å². The summed E-state index contributed by atoms with van der Waals surface area (Å²) in [6.45, 7) is 2.67.